The number of aliphatic hydroxyl groups excluding tert-OH is 1. The summed E-state index contributed by atoms with van der Waals surface area (Å²) in [6, 6.07) is 9.79. The minimum Gasteiger partial charge on any atom is -0.389 e. The standard InChI is InChI=1S/C20H29FN2O/c1-4-5-14-23(16-17(2)10-9-13-21)20(19(24)15-22-3)18-11-7-6-8-12-18/h4-9,11-13,16,19-20,22,24H,10,14-15H2,1-3H3/b5-4-,13-9+,17-16-. The van der Waals surface area contributed by atoms with Crippen LogP contribution in [0.15, 0.2) is 66.7 Å². The summed E-state index contributed by atoms with van der Waals surface area (Å²) in [4.78, 5) is 2.11. The predicted octanol–water partition coefficient (Wildman–Crippen LogP) is 3.96. The first-order valence-corrected chi connectivity index (χ1v) is 8.31. The highest BCUT2D eigenvalue weighted by molar-refractivity contribution is 5.22. The van der Waals surface area contributed by atoms with Crippen molar-refractivity contribution < 1.29 is 9.50 Å². The zero-order valence-electron chi connectivity index (χ0n) is 14.8. The normalized spacial score (nSPS) is 15.1. The van der Waals surface area contributed by atoms with Gasteiger partial charge in [-0.3, -0.25) is 0 Å². The molecule has 2 unspecified atom stereocenters. The highest BCUT2D eigenvalue weighted by Crippen LogP contribution is 2.26. The number of nitrogens with one attached hydrogen (secondary N) is 1. The fourth-order valence-corrected chi connectivity index (χ4v) is 2.65. The fraction of sp³-hybridized carbons (Fsp3) is 0.400. The molecule has 0 radical (unpaired) electrons. The van der Waals surface area contributed by atoms with Crippen LogP contribution >= 0.6 is 0 Å². The topological polar surface area (TPSA) is 35.5 Å². The number of halogens is 1. The second-order valence-electron chi connectivity index (χ2n) is 5.79. The summed E-state index contributed by atoms with van der Waals surface area (Å²) >= 11 is 0. The van der Waals surface area contributed by atoms with E-state index in [0.29, 0.717) is 25.8 Å². The van der Waals surface area contributed by atoms with Gasteiger partial charge in [0.05, 0.1) is 18.5 Å². The minimum atomic E-state index is -0.566. The second-order valence-corrected chi connectivity index (χ2v) is 5.79. The van der Waals surface area contributed by atoms with Crippen molar-refractivity contribution in [1.82, 2.24) is 10.2 Å². The maximum absolute atomic E-state index is 12.3. The van der Waals surface area contributed by atoms with Crippen molar-refractivity contribution in [3.8, 4) is 0 Å². The maximum Gasteiger partial charge on any atom is 0.0909 e. The van der Waals surface area contributed by atoms with Crippen LogP contribution in [0.5, 0.6) is 0 Å². The van der Waals surface area contributed by atoms with Crippen molar-refractivity contribution in [3.05, 3.63) is 72.2 Å². The van der Waals surface area contributed by atoms with Crippen molar-refractivity contribution in [3.63, 3.8) is 0 Å². The summed E-state index contributed by atoms with van der Waals surface area (Å²) in [5.74, 6) is 0. The number of aliphatic hydroxyl groups is 1. The Kier molecular flexibility index (Phi) is 9.73. The van der Waals surface area contributed by atoms with Crippen LogP contribution in [-0.2, 0) is 0 Å². The molecule has 2 atom stereocenters. The molecule has 0 aromatic heterocycles. The van der Waals surface area contributed by atoms with Gasteiger partial charge in [-0.25, -0.2) is 4.39 Å². The van der Waals surface area contributed by atoms with E-state index in [1.165, 1.54) is 6.08 Å². The van der Waals surface area contributed by atoms with E-state index in [1.54, 1.807) is 0 Å². The van der Waals surface area contributed by atoms with Crippen molar-refractivity contribution >= 4 is 0 Å². The number of rotatable bonds is 10. The number of benzene rings is 1. The number of nitrogens with zero attached hydrogens (tertiary/aromatic N) is 1. The van der Waals surface area contributed by atoms with Crippen molar-refractivity contribution in [2.45, 2.75) is 32.4 Å². The summed E-state index contributed by atoms with van der Waals surface area (Å²) in [5.41, 5.74) is 2.08. The van der Waals surface area contributed by atoms with Crippen molar-refractivity contribution in [2.24, 2.45) is 0 Å². The molecule has 0 saturated carbocycles. The van der Waals surface area contributed by atoms with Gasteiger partial charge in [-0.15, -0.1) is 0 Å². The molecule has 1 rings (SSSR count). The molecule has 0 saturated heterocycles. The Labute approximate surface area is 145 Å². The van der Waals surface area contributed by atoms with Gasteiger partial charge in [-0.1, -0.05) is 54.1 Å². The first kappa shape index (κ1) is 20.1. The summed E-state index contributed by atoms with van der Waals surface area (Å²) in [7, 11) is 1.83. The third-order valence-corrected chi connectivity index (χ3v) is 3.74. The summed E-state index contributed by atoms with van der Waals surface area (Å²) in [6.07, 6.45) is 8.09. The van der Waals surface area contributed by atoms with Gasteiger partial charge in [-0.05, 0) is 39.1 Å². The van der Waals surface area contributed by atoms with Crippen molar-refractivity contribution in [1.29, 1.82) is 0 Å². The Hall–Kier alpha value is -1.91. The zero-order valence-corrected chi connectivity index (χ0v) is 14.8. The Morgan fingerprint density at radius 2 is 2.00 bits per heavy atom. The van der Waals surface area contributed by atoms with Gasteiger partial charge in [0.2, 0.25) is 0 Å². The average Bonchev–Trinajstić information content (AvgIpc) is 2.59. The van der Waals surface area contributed by atoms with Crippen LogP contribution in [0.3, 0.4) is 0 Å². The molecule has 0 amide bonds. The van der Waals surface area contributed by atoms with E-state index in [1.807, 2.05) is 63.5 Å². The molecule has 0 aliphatic heterocycles. The third-order valence-electron chi connectivity index (χ3n) is 3.74. The highest BCUT2D eigenvalue weighted by atomic mass is 19.1. The van der Waals surface area contributed by atoms with Gasteiger partial charge in [-0.2, -0.15) is 0 Å². The predicted molar refractivity (Wildman–Crippen MR) is 99.3 cm³/mol. The van der Waals surface area contributed by atoms with E-state index in [4.69, 9.17) is 0 Å². The van der Waals surface area contributed by atoms with E-state index < -0.39 is 6.10 Å². The van der Waals surface area contributed by atoms with E-state index in [0.717, 1.165) is 11.1 Å². The third kappa shape index (κ3) is 6.69. The smallest absolute Gasteiger partial charge is 0.0909 e. The first-order valence-electron chi connectivity index (χ1n) is 8.31. The summed E-state index contributed by atoms with van der Waals surface area (Å²) < 4.78 is 12.3. The largest absolute Gasteiger partial charge is 0.389 e. The van der Waals surface area contributed by atoms with Crippen LogP contribution in [-0.4, -0.2) is 36.2 Å². The van der Waals surface area contributed by atoms with Crippen LogP contribution in [0.25, 0.3) is 0 Å². The SMILES string of the molecule is C/C=C\CN(/C=C(/C)C/C=C/F)C(c1ccccc1)C(O)CNC. The van der Waals surface area contributed by atoms with E-state index in [2.05, 4.69) is 16.3 Å². The monoisotopic (exact) mass is 332 g/mol. The van der Waals surface area contributed by atoms with Gasteiger partial charge >= 0.3 is 0 Å². The fourth-order valence-electron chi connectivity index (χ4n) is 2.65. The van der Waals surface area contributed by atoms with E-state index in [-0.39, 0.29) is 6.04 Å². The van der Waals surface area contributed by atoms with Crippen LogP contribution in [0.1, 0.15) is 31.9 Å². The number of hydrogen-bond donors (Lipinski definition) is 2. The van der Waals surface area contributed by atoms with Gasteiger partial charge in [0.25, 0.3) is 0 Å². The van der Waals surface area contributed by atoms with Crippen molar-refractivity contribution in [2.75, 3.05) is 20.1 Å². The summed E-state index contributed by atoms with van der Waals surface area (Å²) in [5, 5.41) is 13.7. The maximum atomic E-state index is 12.3. The molecule has 0 heterocycles. The van der Waals surface area contributed by atoms with Crippen LogP contribution < -0.4 is 5.32 Å². The molecule has 0 aliphatic rings. The lowest BCUT2D eigenvalue weighted by molar-refractivity contribution is 0.0792. The van der Waals surface area contributed by atoms with Gasteiger partial charge in [0.15, 0.2) is 0 Å². The summed E-state index contributed by atoms with van der Waals surface area (Å²) in [6.45, 7) is 5.11. The number of allylic oxidation sites excluding steroid dienone is 3. The lowest BCUT2D eigenvalue weighted by Crippen LogP contribution is -2.38. The van der Waals surface area contributed by atoms with Gasteiger partial charge < -0.3 is 15.3 Å². The lowest BCUT2D eigenvalue weighted by atomic mass is 9.99. The Balaban J connectivity index is 3.18. The van der Waals surface area contributed by atoms with E-state index >= 15 is 0 Å². The second kappa shape index (κ2) is 11.6. The Morgan fingerprint density at radius 1 is 1.29 bits per heavy atom. The molecule has 24 heavy (non-hydrogen) atoms. The Morgan fingerprint density at radius 3 is 2.58 bits per heavy atom. The molecular formula is C20H29FN2O. The molecule has 0 fully saturated rings. The highest BCUT2D eigenvalue weighted by Gasteiger charge is 2.25. The van der Waals surface area contributed by atoms with Gasteiger partial charge in [0.1, 0.15) is 0 Å². The molecule has 0 bridgehead atoms. The first-order chi connectivity index (χ1) is 11.6. The minimum absolute atomic E-state index is 0.181. The van der Waals surface area contributed by atoms with Crippen LogP contribution in [0, 0.1) is 0 Å². The van der Waals surface area contributed by atoms with Gasteiger partial charge in [0, 0.05) is 13.1 Å². The molecular weight excluding hydrogens is 303 g/mol. The molecule has 1 aromatic rings. The molecule has 0 aliphatic carbocycles. The zero-order chi connectivity index (χ0) is 17.8. The molecule has 0 spiro atoms. The lowest BCUT2D eigenvalue weighted by Gasteiger charge is -2.34. The molecule has 4 heteroatoms. The molecule has 3 nitrogen and oxygen atoms in total. The molecule has 1 aromatic carbocycles. The number of likely N-dealkylation sites (N-methyl/N-ethyl adjacent to an activating group) is 1. The van der Waals surface area contributed by atoms with Crippen LogP contribution in [0.4, 0.5) is 4.39 Å². The van der Waals surface area contributed by atoms with E-state index in [9.17, 15) is 9.50 Å². The Bertz CT molecular complexity index is 540. The molecule has 2 N–H and O–H groups in total. The quantitative estimate of drug-likeness (QED) is 0.637. The average molecular weight is 332 g/mol. The number of hydrogen-bond acceptors (Lipinski definition) is 3. The molecule has 132 valence electrons. The van der Waals surface area contributed by atoms with Crippen LogP contribution in [0.2, 0.25) is 0 Å².